The molecule has 2 aromatic carbocycles. The Morgan fingerprint density at radius 3 is 2.82 bits per heavy atom. The first-order valence-electron chi connectivity index (χ1n) is 7.83. The maximum absolute atomic E-state index is 10.4. The van der Waals surface area contributed by atoms with E-state index in [-0.39, 0.29) is 5.75 Å². The van der Waals surface area contributed by atoms with Crippen LogP contribution in [0, 0.1) is 6.92 Å². The highest BCUT2D eigenvalue weighted by molar-refractivity contribution is 5.85. The summed E-state index contributed by atoms with van der Waals surface area (Å²) in [6.45, 7) is 3.17. The highest BCUT2D eigenvalue weighted by Gasteiger charge is 2.36. The first-order chi connectivity index (χ1) is 10.6. The summed E-state index contributed by atoms with van der Waals surface area (Å²) in [5.74, 6) is 0.880. The second-order valence-electron chi connectivity index (χ2n) is 6.44. The van der Waals surface area contributed by atoms with E-state index in [0.29, 0.717) is 11.8 Å². The Kier molecular flexibility index (Phi) is 2.95. The van der Waals surface area contributed by atoms with Crippen LogP contribution in [0.5, 0.6) is 11.5 Å². The summed E-state index contributed by atoms with van der Waals surface area (Å²) in [6.07, 6.45) is 2.01. The maximum atomic E-state index is 10.4. The van der Waals surface area contributed by atoms with Gasteiger partial charge in [-0.25, -0.2) is 0 Å². The fourth-order valence-electron chi connectivity index (χ4n) is 4.16. The molecule has 0 saturated carbocycles. The zero-order chi connectivity index (χ0) is 15.4. The van der Waals surface area contributed by atoms with Crippen LogP contribution in [0.1, 0.15) is 28.3 Å². The van der Waals surface area contributed by atoms with E-state index in [0.717, 1.165) is 24.9 Å². The average Bonchev–Trinajstić information content (AvgIpc) is 2.50. The summed E-state index contributed by atoms with van der Waals surface area (Å²) in [5, 5.41) is 10.4. The minimum atomic E-state index is 0.260. The molecular formula is C19H21NO2. The molecule has 1 atom stereocenters. The van der Waals surface area contributed by atoms with Crippen LogP contribution in [0.3, 0.4) is 0 Å². The number of fused-ring (bicyclic) bond motifs is 2. The zero-order valence-corrected chi connectivity index (χ0v) is 13.3. The molecule has 1 unspecified atom stereocenters. The zero-order valence-electron chi connectivity index (χ0n) is 13.3. The number of rotatable bonds is 1. The van der Waals surface area contributed by atoms with Gasteiger partial charge in [0, 0.05) is 18.2 Å². The normalized spacial score (nSPS) is 19.5. The molecule has 0 amide bonds. The number of benzene rings is 2. The summed E-state index contributed by atoms with van der Waals surface area (Å²) >= 11 is 0. The Morgan fingerprint density at radius 1 is 1.23 bits per heavy atom. The van der Waals surface area contributed by atoms with Gasteiger partial charge in [0.15, 0.2) is 11.5 Å². The van der Waals surface area contributed by atoms with E-state index >= 15 is 0 Å². The molecule has 2 aliphatic rings. The van der Waals surface area contributed by atoms with Crippen molar-refractivity contribution >= 4 is 0 Å². The molecule has 2 aromatic rings. The summed E-state index contributed by atoms with van der Waals surface area (Å²) in [7, 11) is 3.84. The molecule has 3 nitrogen and oxygen atoms in total. The van der Waals surface area contributed by atoms with Crippen LogP contribution >= 0.6 is 0 Å². The smallest absolute Gasteiger partial charge is 0.168 e. The van der Waals surface area contributed by atoms with Gasteiger partial charge in [-0.2, -0.15) is 0 Å². The van der Waals surface area contributed by atoms with Gasteiger partial charge < -0.3 is 9.84 Å². The lowest BCUT2D eigenvalue weighted by atomic mass is 9.75. The molecule has 4 rings (SSSR count). The number of hydrogen-bond donors (Lipinski definition) is 1. The number of methoxy groups -OCH3 is 1. The Balaban J connectivity index is 2.13. The second-order valence-corrected chi connectivity index (χ2v) is 6.44. The Morgan fingerprint density at radius 2 is 2.05 bits per heavy atom. The molecule has 114 valence electrons. The molecule has 0 radical (unpaired) electrons. The summed E-state index contributed by atoms with van der Waals surface area (Å²) in [5.41, 5.74) is 7.57. The monoisotopic (exact) mass is 295 g/mol. The molecule has 1 N–H and O–H groups in total. The van der Waals surface area contributed by atoms with Crippen molar-refractivity contribution in [2.75, 3.05) is 20.7 Å². The minimum Gasteiger partial charge on any atom is -0.504 e. The molecule has 1 aliphatic carbocycles. The first kappa shape index (κ1) is 13.6. The van der Waals surface area contributed by atoms with E-state index in [4.69, 9.17) is 4.74 Å². The Hall–Kier alpha value is -2.00. The molecule has 0 fully saturated rings. The molecule has 0 aromatic heterocycles. The fraction of sp³-hybridized carbons (Fsp3) is 0.368. The first-order valence-corrected chi connectivity index (χ1v) is 7.83. The van der Waals surface area contributed by atoms with Gasteiger partial charge in [0.2, 0.25) is 0 Å². The van der Waals surface area contributed by atoms with Crippen LogP contribution < -0.4 is 4.74 Å². The van der Waals surface area contributed by atoms with Crippen molar-refractivity contribution < 1.29 is 9.84 Å². The lowest BCUT2D eigenvalue weighted by Gasteiger charge is -2.40. The van der Waals surface area contributed by atoms with Crippen LogP contribution in [-0.4, -0.2) is 30.7 Å². The average molecular weight is 295 g/mol. The minimum absolute atomic E-state index is 0.260. The quantitative estimate of drug-likeness (QED) is 0.874. The topological polar surface area (TPSA) is 32.7 Å². The molecule has 0 saturated heterocycles. The number of ether oxygens (including phenoxy) is 1. The fourth-order valence-corrected chi connectivity index (χ4v) is 4.16. The van der Waals surface area contributed by atoms with Crippen molar-refractivity contribution in [3.05, 3.63) is 46.5 Å². The second kappa shape index (κ2) is 4.75. The largest absolute Gasteiger partial charge is 0.504 e. The Labute approximate surface area is 131 Å². The lowest BCUT2D eigenvalue weighted by molar-refractivity contribution is 0.227. The molecular weight excluding hydrogens is 274 g/mol. The van der Waals surface area contributed by atoms with Crippen LogP contribution in [0.2, 0.25) is 0 Å². The van der Waals surface area contributed by atoms with Gasteiger partial charge in [0.05, 0.1) is 7.11 Å². The third-order valence-corrected chi connectivity index (χ3v) is 5.21. The van der Waals surface area contributed by atoms with E-state index in [1.165, 1.54) is 27.8 Å². The Bertz CT molecular complexity index is 767. The predicted molar refractivity (Wildman–Crippen MR) is 87.6 cm³/mol. The summed E-state index contributed by atoms with van der Waals surface area (Å²) in [6, 6.07) is 8.75. The molecule has 1 heterocycles. The highest BCUT2D eigenvalue weighted by atomic mass is 16.5. The number of nitrogens with zero attached hydrogens (tertiary/aromatic N) is 1. The maximum Gasteiger partial charge on any atom is 0.168 e. The van der Waals surface area contributed by atoms with Crippen molar-refractivity contribution in [3.8, 4) is 22.6 Å². The van der Waals surface area contributed by atoms with E-state index in [2.05, 4.69) is 37.1 Å². The third-order valence-electron chi connectivity index (χ3n) is 5.21. The van der Waals surface area contributed by atoms with Crippen molar-refractivity contribution in [2.45, 2.75) is 25.8 Å². The number of hydrogen-bond acceptors (Lipinski definition) is 3. The van der Waals surface area contributed by atoms with Gasteiger partial charge in [0.1, 0.15) is 0 Å². The molecule has 3 heteroatoms. The van der Waals surface area contributed by atoms with Crippen LogP contribution in [0.25, 0.3) is 11.1 Å². The molecule has 0 spiro atoms. The molecule has 22 heavy (non-hydrogen) atoms. The van der Waals surface area contributed by atoms with Crippen LogP contribution in [-0.2, 0) is 12.8 Å². The number of aromatic hydroxyl groups is 1. The SMILES string of the molecule is COc1c(O)cc2c3c1-c1c(C)cccc1CC3N(C)CC2. The van der Waals surface area contributed by atoms with Crippen LogP contribution in [0.15, 0.2) is 24.3 Å². The van der Waals surface area contributed by atoms with Crippen molar-refractivity contribution in [2.24, 2.45) is 0 Å². The van der Waals surface area contributed by atoms with Crippen molar-refractivity contribution in [1.82, 2.24) is 4.90 Å². The van der Waals surface area contributed by atoms with E-state index in [1.54, 1.807) is 7.11 Å². The van der Waals surface area contributed by atoms with Gasteiger partial charge >= 0.3 is 0 Å². The van der Waals surface area contributed by atoms with Crippen LogP contribution in [0.4, 0.5) is 0 Å². The number of likely N-dealkylation sites (N-methyl/N-ethyl adjacent to an activating group) is 1. The van der Waals surface area contributed by atoms with Gasteiger partial charge in [-0.05, 0) is 60.7 Å². The number of aryl methyl sites for hydroxylation is 1. The molecule has 1 aliphatic heterocycles. The standard InChI is InChI=1S/C19H21NO2/c1-11-5-4-6-12-9-14-17-13(7-8-20(14)2)10-15(21)19(22-3)18(17)16(11)12/h4-6,10,14,21H,7-9H2,1-3H3. The summed E-state index contributed by atoms with van der Waals surface area (Å²) in [4.78, 5) is 2.42. The van der Waals surface area contributed by atoms with Gasteiger partial charge in [0.25, 0.3) is 0 Å². The number of phenols is 1. The van der Waals surface area contributed by atoms with E-state index < -0.39 is 0 Å². The predicted octanol–water partition coefficient (Wildman–Crippen LogP) is 3.46. The molecule has 0 bridgehead atoms. The van der Waals surface area contributed by atoms with Crippen molar-refractivity contribution in [3.63, 3.8) is 0 Å². The summed E-state index contributed by atoms with van der Waals surface area (Å²) < 4.78 is 5.59. The van der Waals surface area contributed by atoms with Gasteiger partial charge in [-0.3, -0.25) is 4.90 Å². The van der Waals surface area contributed by atoms with E-state index in [1.807, 2.05) is 6.07 Å². The van der Waals surface area contributed by atoms with Crippen molar-refractivity contribution in [1.29, 1.82) is 0 Å². The van der Waals surface area contributed by atoms with E-state index in [9.17, 15) is 5.11 Å². The highest BCUT2D eigenvalue weighted by Crippen LogP contribution is 2.52. The van der Waals surface area contributed by atoms with Gasteiger partial charge in [-0.15, -0.1) is 0 Å². The lowest BCUT2D eigenvalue weighted by Crippen LogP contribution is -2.35. The third kappa shape index (κ3) is 1.72. The number of phenolic OH excluding ortho intramolecular Hbond substituents is 1. The van der Waals surface area contributed by atoms with Gasteiger partial charge in [-0.1, -0.05) is 18.2 Å².